The molecule has 0 bridgehead atoms. The van der Waals surface area contributed by atoms with E-state index in [9.17, 15) is 4.79 Å². The molecule has 1 atom stereocenters. The predicted molar refractivity (Wildman–Crippen MR) is 132 cm³/mol. The molecule has 4 rings (SSSR count). The van der Waals surface area contributed by atoms with Crippen LogP contribution in [0.4, 0.5) is 0 Å². The molecule has 0 fully saturated rings. The molecule has 0 amide bonds. The van der Waals surface area contributed by atoms with Crippen LogP contribution in [0, 0.1) is 0 Å². The number of allylic oxidation sites excluding steroid dienone is 1. The molecule has 0 unspecified atom stereocenters. The number of nitrogens with zero attached hydrogens (tertiary/aromatic N) is 1. The van der Waals surface area contributed by atoms with Crippen LogP contribution >= 0.6 is 27.7 Å². The summed E-state index contributed by atoms with van der Waals surface area (Å²) in [5.41, 5.74) is 3.53. The van der Waals surface area contributed by atoms with Crippen molar-refractivity contribution in [3.8, 4) is 0 Å². The second-order valence-electron chi connectivity index (χ2n) is 7.20. The Bertz CT molecular complexity index is 1180. The summed E-state index contributed by atoms with van der Waals surface area (Å²) in [7, 11) is 0. The predicted octanol–water partition coefficient (Wildman–Crippen LogP) is 6.37. The lowest BCUT2D eigenvalue weighted by Gasteiger charge is -2.26. The molecule has 31 heavy (non-hydrogen) atoms. The van der Waals surface area contributed by atoms with E-state index in [1.807, 2.05) is 38.1 Å². The largest absolute Gasteiger partial charge is 0.463 e. The smallest absolute Gasteiger partial charge is 0.338 e. The fourth-order valence-corrected chi connectivity index (χ4v) is 5.04. The number of ether oxygens (including phenoxy) is 1. The number of esters is 1. The standard InChI is InChI=1S/C25H23BrN2O2S/c1-3-30-24(29)22-16(2)27-25(28-23(22)18-10-7-12-20(26)14-18)31-15-19-11-6-9-17-8-4-5-13-21(17)19/h4-14,23H,3,15H2,1-2H3,(H,27,28)/t23-/m0/s1. The lowest BCUT2D eigenvalue weighted by atomic mass is 9.97. The third-order valence-corrected chi connectivity index (χ3v) is 6.55. The van der Waals surface area contributed by atoms with Crippen molar-refractivity contribution in [3.05, 3.63) is 93.6 Å². The number of nitrogens with one attached hydrogen (secondary N) is 1. The summed E-state index contributed by atoms with van der Waals surface area (Å²) in [6, 6.07) is 22.3. The van der Waals surface area contributed by atoms with Gasteiger partial charge in [-0.2, -0.15) is 0 Å². The zero-order valence-corrected chi connectivity index (χ0v) is 19.8. The maximum Gasteiger partial charge on any atom is 0.338 e. The van der Waals surface area contributed by atoms with Gasteiger partial charge in [0.05, 0.1) is 12.2 Å². The van der Waals surface area contributed by atoms with Crippen LogP contribution in [0.2, 0.25) is 0 Å². The maximum absolute atomic E-state index is 12.7. The number of halogens is 1. The SMILES string of the molecule is CCOC(=O)C1=C(C)NC(SCc2cccc3ccccc23)=N[C@H]1c1cccc(Br)c1. The highest BCUT2D eigenvalue weighted by Crippen LogP contribution is 2.35. The molecule has 3 aromatic rings. The summed E-state index contributed by atoms with van der Waals surface area (Å²) >= 11 is 5.17. The summed E-state index contributed by atoms with van der Waals surface area (Å²) < 4.78 is 6.27. The lowest BCUT2D eigenvalue weighted by Crippen LogP contribution is -2.30. The summed E-state index contributed by atoms with van der Waals surface area (Å²) in [6.07, 6.45) is 0. The van der Waals surface area contributed by atoms with Crippen LogP contribution < -0.4 is 5.32 Å². The Morgan fingerprint density at radius 3 is 2.71 bits per heavy atom. The number of rotatable bonds is 5. The zero-order chi connectivity index (χ0) is 21.8. The van der Waals surface area contributed by atoms with E-state index in [2.05, 4.69) is 63.7 Å². The molecule has 4 nitrogen and oxygen atoms in total. The molecule has 0 aliphatic carbocycles. The van der Waals surface area contributed by atoms with Gasteiger partial charge >= 0.3 is 5.97 Å². The van der Waals surface area contributed by atoms with Gasteiger partial charge in [-0.25, -0.2) is 9.79 Å². The second kappa shape index (κ2) is 9.71. The Hall–Kier alpha value is -2.57. The number of aliphatic imine (C=N–C) groups is 1. The number of fused-ring (bicyclic) bond motifs is 1. The molecule has 0 spiro atoms. The van der Waals surface area contributed by atoms with Crippen LogP contribution in [0.15, 0.2) is 87.5 Å². The fraction of sp³-hybridized carbons (Fsp3) is 0.200. The summed E-state index contributed by atoms with van der Waals surface area (Å²) in [6.45, 7) is 4.05. The summed E-state index contributed by atoms with van der Waals surface area (Å²) in [4.78, 5) is 17.6. The molecule has 1 N–H and O–H groups in total. The van der Waals surface area contributed by atoms with Crippen molar-refractivity contribution in [2.45, 2.75) is 25.6 Å². The van der Waals surface area contributed by atoms with Crippen LogP contribution in [0.3, 0.4) is 0 Å². The molecule has 1 heterocycles. The number of benzene rings is 3. The normalized spacial score (nSPS) is 16.1. The van der Waals surface area contributed by atoms with Crippen molar-refractivity contribution in [3.63, 3.8) is 0 Å². The van der Waals surface area contributed by atoms with Gasteiger partial charge in [-0.15, -0.1) is 0 Å². The van der Waals surface area contributed by atoms with Crippen LogP contribution in [0.25, 0.3) is 10.8 Å². The average molecular weight is 495 g/mol. The Balaban J connectivity index is 1.64. The van der Waals surface area contributed by atoms with E-state index in [1.54, 1.807) is 11.8 Å². The second-order valence-corrected chi connectivity index (χ2v) is 9.08. The number of carbonyl (C=O) groups excluding carboxylic acids is 1. The molecule has 0 saturated heterocycles. The van der Waals surface area contributed by atoms with Crippen molar-refractivity contribution in [1.29, 1.82) is 0 Å². The van der Waals surface area contributed by atoms with E-state index in [-0.39, 0.29) is 5.97 Å². The minimum Gasteiger partial charge on any atom is -0.463 e. The third kappa shape index (κ3) is 4.86. The van der Waals surface area contributed by atoms with Gasteiger partial charge in [-0.05, 0) is 47.9 Å². The van der Waals surface area contributed by atoms with Crippen LogP contribution in [0.1, 0.15) is 31.0 Å². The van der Waals surface area contributed by atoms with Gasteiger partial charge in [-0.1, -0.05) is 82.3 Å². The molecule has 0 aromatic heterocycles. The van der Waals surface area contributed by atoms with Gasteiger partial charge < -0.3 is 10.1 Å². The van der Waals surface area contributed by atoms with E-state index < -0.39 is 6.04 Å². The molecular weight excluding hydrogens is 472 g/mol. The molecule has 0 radical (unpaired) electrons. The number of hydrogen-bond acceptors (Lipinski definition) is 5. The van der Waals surface area contributed by atoms with Crippen molar-refractivity contribution in [2.75, 3.05) is 6.61 Å². The van der Waals surface area contributed by atoms with Crippen molar-refractivity contribution < 1.29 is 9.53 Å². The van der Waals surface area contributed by atoms with Crippen molar-refractivity contribution in [2.24, 2.45) is 4.99 Å². The minimum atomic E-state index is -0.409. The van der Waals surface area contributed by atoms with Gasteiger partial charge in [0.1, 0.15) is 6.04 Å². The van der Waals surface area contributed by atoms with E-state index in [4.69, 9.17) is 9.73 Å². The summed E-state index contributed by atoms with van der Waals surface area (Å²) in [5.74, 6) is 0.444. The van der Waals surface area contributed by atoms with Crippen molar-refractivity contribution >= 4 is 49.6 Å². The Labute approximate surface area is 194 Å². The summed E-state index contributed by atoms with van der Waals surface area (Å²) in [5, 5.41) is 6.59. The highest BCUT2D eigenvalue weighted by molar-refractivity contribution is 9.10. The first-order valence-corrected chi connectivity index (χ1v) is 11.9. The van der Waals surface area contributed by atoms with E-state index in [0.29, 0.717) is 12.2 Å². The van der Waals surface area contributed by atoms with Gasteiger partial charge in [-0.3, -0.25) is 0 Å². The molecule has 3 aromatic carbocycles. The van der Waals surface area contributed by atoms with E-state index >= 15 is 0 Å². The molecule has 6 heteroatoms. The Kier molecular flexibility index (Phi) is 6.78. The van der Waals surface area contributed by atoms with Gasteiger partial charge in [0.15, 0.2) is 5.17 Å². The number of carbonyl (C=O) groups is 1. The Morgan fingerprint density at radius 2 is 1.90 bits per heavy atom. The van der Waals surface area contributed by atoms with Gasteiger partial charge in [0, 0.05) is 15.9 Å². The third-order valence-electron chi connectivity index (χ3n) is 5.12. The first-order valence-electron chi connectivity index (χ1n) is 10.1. The fourth-order valence-electron chi connectivity index (χ4n) is 3.68. The van der Waals surface area contributed by atoms with Crippen molar-refractivity contribution in [1.82, 2.24) is 5.32 Å². The van der Waals surface area contributed by atoms with Gasteiger partial charge in [0.2, 0.25) is 0 Å². The Morgan fingerprint density at radius 1 is 1.13 bits per heavy atom. The topological polar surface area (TPSA) is 50.7 Å². The lowest BCUT2D eigenvalue weighted by molar-refractivity contribution is -0.138. The highest BCUT2D eigenvalue weighted by atomic mass is 79.9. The van der Waals surface area contributed by atoms with E-state index in [0.717, 1.165) is 26.7 Å². The molecule has 0 saturated carbocycles. The molecule has 1 aliphatic rings. The molecule has 1 aliphatic heterocycles. The zero-order valence-electron chi connectivity index (χ0n) is 17.4. The minimum absolute atomic E-state index is 0.327. The maximum atomic E-state index is 12.7. The molecule has 158 valence electrons. The average Bonchev–Trinajstić information content (AvgIpc) is 2.77. The van der Waals surface area contributed by atoms with Crippen LogP contribution in [0.5, 0.6) is 0 Å². The quantitative estimate of drug-likeness (QED) is 0.418. The van der Waals surface area contributed by atoms with Crippen LogP contribution in [-0.4, -0.2) is 17.7 Å². The number of amidine groups is 1. The first kappa shape index (κ1) is 21.7. The van der Waals surface area contributed by atoms with Gasteiger partial charge in [0.25, 0.3) is 0 Å². The number of thioether (sulfide) groups is 1. The number of hydrogen-bond donors (Lipinski definition) is 1. The van der Waals surface area contributed by atoms with Crippen LogP contribution in [-0.2, 0) is 15.3 Å². The molecular formula is C25H23BrN2O2S. The van der Waals surface area contributed by atoms with E-state index in [1.165, 1.54) is 16.3 Å². The highest BCUT2D eigenvalue weighted by Gasteiger charge is 2.30. The first-order chi connectivity index (χ1) is 15.1. The monoisotopic (exact) mass is 494 g/mol.